The second kappa shape index (κ2) is 7.98. The van der Waals surface area contributed by atoms with Crippen LogP contribution < -0.4 is 16.6 Å². The lowest BCUT2D eigenvalue weighted by Gasteiger charge is -2.11. The van der Waals surface area contributed by atoms with Crippen LogP contribution in [0.1, 0.15) is 15.9 Å². The number of fused-ring (bicyclic) bond motifs is 1. The van der Waals surface area contributed by atoms with E-state index in [-0.39, 0.29) is 5.59 Å². The van der Waals surface area contributed by atoms with Gasteiger partial charge in [-0.15, -0.1) is 0 Å². The molecule has 2 heterocycles. The van der Waals surface area contributed by atoms with Crippen molar-refractivity contribution in [1.29, 1.82) is 0 Å². The van der Waals surface area contributed by atoms with E-state index < -0.39 is 13.0 Å². The van der Waals surface area contributed by atoms with Crippen molar-refractivity contribution in [1.82, 2.24) is 14.5 Å². The van der Waals surface area contributed by atoms with Crippen molar-refractivity contribution in [3.8, 4) is 11.5 Å². The molecule has 4 aromatic rings. The van der Waals surface area contributed by atoms with E-state index in [9.17, 15) is 14.8 Å². The Bertz CT molecular complexity index is 1220. The first-order valence-electron chi connectivity index (χ1n) is 9.35. The predicted octanol–water partition coefficient (Wildman–Crippen LogP) is 1.03. The smallest absolute Gasteiger partial charge is 0.422 e. The summed E-state index contributed by atoms with van der Waals surface area (Å²) in [6.07, 6.45) is 1.78. The fourth-order valence-electron chi connectivity index (χ4n) is 3.44. The number of amides is 1. The highest BCUT2D eigenvalue weighted by molar-refractivity contribution is 6.57. The van der Waals surface area contributed by atoms with Gasteiger partial charge in [-0.1, -0.05) is 42.5 Å². The van der Waals surface area contributed by atoms with E-state index >= 15 is 0 Å². The molecule has 0 saturated carbocycles. The molecule has 0 radical (unpaired) electrons. The number of primary amides is 1. The molecule has 0 fully saturated rings. The van der Waals surface area contributed by atoms with Crippen molar-refractivity contribution in [2.24, 2.45) is 12.8 Å². The topological polar surface area (TPSA) is 126 Å². The number of carbonyl (C=O) groups is 1. The van der Waals surface area contributed by atoms with Crippen molar-refractivity contribution < 1.29 is 14.8 Å². The van der Waals surface area contributed by atoms with E-state index in [2.05, 4.69) is 15.3 Å². The summed E-state index contributed by atoms with van der Waals surface area (Å²) in [5, 5.41) is 24.1. The lowest BCUT2D eigenvalue weighted by atomic mass is 9.86. The monoisotopic (exact) mass is 401 g/mol. The van der Waals surface area contributed by atoms with E-state index in [1.165, 1.54) is 6.07 Å². The van der Waals surface area contributed by atoms with Crippen LogP contribution >= 0.6 is 0 Å². The average Bonchev–Trinajstić information content (AvgIpc) is 3.08. The molecule has 5 N–H and O–H groups in total. The van der Waals surface area contributed by atoms with Crippen LogP contribution in [0.15, 0.2) is 60.8 Å². The first kappa shape index (κ1) is 19.6. The zero-order chi connectivity index (χ0) is 21.3. The van der Waals surface area contributed by atoms with Crippen LogP contribution in [0.4, 0.5) is 5.82 Å². The molecular formula is C21H20BN5O3. The highest BCUT2D eigenvalue weighted by atomic mass is 16.4. The summed E-state index contributed by atoms with van der Waals surface area (Å²) >= 11 is 0. The third-order valence-electron chi connectivity index (χ3n) is 4.84. The maximum absolute atomic E-state index is 11.8. The molecule has 30 heavy (non-hydrogen) atoms. The third-order valence-corrected chi connectivity index (χ3v) is 4.84. The van der Waals surface area contributed by atoms with Gasteiger partial charge in [-0.05, 0) is 17.7 Å². The molecule has 0 bridgehead atoms. The summed E-state index contributed by atoms with van der Waals surface area (Å²) in [6, 6.07) is 16.5. The zero-order valence-electron chi connectivity index (χ0n) is 16.3. The van der Waals surface area contributed by atoms with Gasteiger partial charge in [0.05, 0.1) is 11.3 Å². The van der Waals surface area contributed by atoms with Crippen LogP contribution in [0.25, 0.3) is 22.3 Å². The second-order valence-electron chi connectivity index (χ2n) is 6.93. The van der Waals surface area contributed by atoms with E-state index in [1.807, 2.05) is 43.4 Å². The Balaban J connectivity index is 1.80. The molecule has 0 atom stereocenters. The van der Waals surface area contributed by atoms with Crippen LogP contribution in [0.3, 0.4) is 0 Å². The normalized spacial score (nSPS) is 10.9. The Kier molecular flexibility index (Phi) is 5.22. The number of nitrogens with zero attached hydrogens (tertiary/aromatic N) is 3. The molecule has 9 heteroatoms. The SMILES string of the molecule is Cn1cc2c(C(N)=O)cccc2c1-c1nc(NCc2ccccc2)cc(B(O)O)n1. The number of aromatic nitrogens is 3. The highest BCUT2D eigenvalue weighted by Gasteiger charge is 2.21. The first-order valence-corrected chi connectivity index (χ1v) is 9.35. The quantitative estimate of drug-likeness (QED) is 0.358. The lowest BCUT2D eigenvalue weighted by Crippen LogP contribution is -2.33. The van der Waals surface area contributed by atoms with Gasteiger partial charge in [0.2, 0.25) is 5.91 Å². The van der Waals surface area contributed by atoms with Gasteiger partial charge in [0.15, 0.2) is 5.82 Å². The van der Waals surface area contributed by atoms with Crippen LogP contribution in [0, 0.1) is 0 Å². The average molecular weight is 401 g/mol. The summed E-state index contributed by atoms with van der Waals surface area (Å²) < 4.78 is 1.79. The summed E-state index contributed by atoms with van der Waals surface area (Å²) in [5.74, 6) is 0.228. The molecule has 4 rings (SSSR count). The molecular weight excluding hydrogens is 381 g/mol. The van der Waals surface area contributed by atoms with Gasteiger partial charge in [0, 0.05) is 36.1 Å². The molecule has 0 spiro atoms. The number of hydrogen-bond acceptors (Lipinski definition) is 6. The molecule has 0 aliphatic rings. The Hall–Kier alpha value is -3.69. The second-order valence-corrected chi connectivity index (χ2v) is 6.93. The minimum atomic E-state index is -1.75. The molecule has 2 aromatic carbocycles. The molecule has 0 aliphatic carbocycles. The van der Waals surface area contributed by atoms with Crippen molar-refractivity contribution in [2.75, 3.05) is 5.32 Å². The van der Waals surface area contributed by atoms with Crippen molar-refractivity contribution in [3.05, 3.63) is 71.9 Å². The van der Waals surface area contributed by atoms with E-state index in [0.717, 1.165) is 10.9 Å². The fourth-order valence-corrected chi connectivity index (χ4v) is 3.44. The third kappa shape index (κ3) is 3.76. The Morgan fingerprint density at radius 3 is 2.57 bits per heavy atom. The molecule has 0 unspecified atom stereocenters. The zero-order valence-corrected chi connectivity index (χ0v) is 16.3. The molecule has 8 nitrogen and oxygen atoms in total. The Morgan fingerprint density at radius 2 is 1.87 bits per heavy atom. The van der Waals surface area contributed by atoms with Crippen LogP contribution in [-0.2, 0) is 13.6 Å². The first-order chi connectivity index (χ1) is 14.4. The van der Waals surface area contributed by atoms with Crippen LogP contribution in [0.2, 0.25) is 0 Å². The van der Waals surface area contributed by atoms with Gasteiger partial charge >= 0.3 is 7.12 Å². The number of anilines is 1. The van der Waals surface area contributed by atoms with Gasteiger partial charge in [-0.3, -0.25) is 4.79 Å². The van der Waals surface area contributed by atoms with Crippen molar-refractivity contribution in [2.45, 2.75) is 6.54 Å². The van der Waals surface area contributed by atoms with Crippen LogP contribution in [-0.4, -0.2) is 37.6 Å². The van der Waals surface area contributed by atoms with Crippen LogP contribution in [0.5, 0.6) is 0 Å². The molecule has 150 valence electrons. The van der Waals surface area contributed by atoms with E-state index in [4.69, 9.17) is 5.73 Å². The number of carbonyl (C=O) groups excluding carboxylic acids is 1. The van der Waals surface area contributed by atoms with Crippen molar-refractivity contribution >= 4 is 35.2 Å². The summed E-state index contributed by atoms with van der Waals surface area (Å²) in [7, 11) is 0.0551. The number of rotatable bonds is 6. The number of aryl methyl sites for hydroxylation is 1. The summed E-state index contributed by atoms with van der Waals surface area (Å²) in [5.41, 5.74) is 7.66. The maximum Gasteiger partial charge on any atom is 0.508 e. The standard InChI is InChI=1S/C21H20BN5O3/c1-27-12-16-14(8-5-9-15(16)20(23)28)19(27)21-25-17(22(29)30)10-18(26-21)24-11-13-6-3-2-4-7-13/h2-10,12,29-30H,11H2,1H3,(H2,23,28)(H,24,25,26). The Labute approximate surface area is 173 Å². The van der Waals surface area contributed by atoms with Gasteiger partial charge in [0.1, 0.15) is 5.82 Å². The Morgan fingerprint density at radius 1 is 1.10 bits per heavy atom. The van der Waals surface area contributed by atoms with E-state index in [0.29, 0.717) is 34.8 Å². The summed E-state index contributed by atoms with van der Waals surface area (Å²) in [4.78, 5) is 20.7. The largest absolute Gasteiger partial charge is 0.508 e. The molecule has 2 aromatic heterocycles. The highest BCUT2D eigenvalue weighted by Crippen LogP contribution is 2.30. The minimum absolute atomic E-state index is 0.0657. The molecule has 0 saturated heterocycles. The van der Waals surface area contributed by atoms with Gasteiger partial charge in [-0.2, -0.15) is 0 Å². The summed E-state index contributed by atoms with van der Waals surface area (Å²) in [6.45, 7) is 0.512. The van der Waals surface area contributed by atoms with Gasteiger partial charge in [-0.25, -0.2) is 9.97 Å². The number of nitrogens with one attached hydrogen (secondary N) is 1. The molecule has 1 amide bonds. The fraction of sp³-hybridized carbons (Fsp3) is 0.0952. The van der Waals surface area contributed by atoms with Crippen molar-refractivity contribution in [3.63, 3.8) is 0 Å². The minimum Gasteiger partial charge on any atom is -0.422 e. The van der Waals surface area contributed by atoms with Gasteiger partial charge in [0.25, 0.3) is 0 Å². The molecule has 0 aliphatic heterocycles. The number of benzene rings is 2. The number of nitrogens with two attached hydrogens (primary N) is 1. The van der Waals surface area contributed by atoms with Gasteiger partial charge < -0.3 is 25.7 Å². The maximum atomic E-state index is 11.8. The predicted molar refractivity (Wildman–Crippen MR) is 116 cm³/mol. The van der Waals surface area contributed by atoms with E-state index in [1.54, 1.807) is 22.9 Å². The number of hydrogen-bond donors (Lipinski definition) is 4. The lowest BCUT2D eigenvalue weighted by molar-refractivity contribution is 0.100.